The smallest absolute Gasteiger partial charge is 0.422 e. The van der Waals surface area contributed by atoms with E-state index in [4.69, 9.17) is 4.74 Å². The lowest BCUT2D eigenvalue weighted by Gasteiger charge is -2.20. The molecular weight excluding hydrogens is 457 g/mol. The quantitative estimate of drug-likeness (QED) is 0.518. The van der Waals surface area contributed by atoms with Crippen molar-refractivity contribution < 1.29 is 31.1 Å². The number of hydrogen-bond acceptors (Lipinski definition) is 4. The van der Waals surface area contributed by atoms with E-state index in [0.29, 0.717) is 5.69 Å². The van der Waals surface area contributed by atoms with E-state index in [2.05, 4.69) is 5.32 Å². The van der Waals surface area contributed by atoms with Gasteiger partial charge in [-0.05, 0) is 55.5 Å². The number of ether oxygens (including phenoxy) is 1. The molecule has 0 aromatic heterocycles. The average molecular weight is 478 g/mol. The fourth-order valence-corrected chi connectivity index (χ4v) is 4.08. The van der Waals surface area contributed by atoms with E-state index in [1.165, 1.54) is 61.6 Å². The molecule has 0 spiro atoms. The van der Waals surface area contributed by atoms with Crippen molar-refractivity contribution in [1.29, 1.82) is 0 Å². The van der Waals surface area contributed by atoms with Crippen LogP contribution in [-0.2, 0) is 10.0 Å². The maximum Gasteiger partial charge on any atom is 0.422 e. The first-order valence-corrected chi connectivity index (χ1v) is 11.2. The van der Waals surface area contributed by atoms with Crippen molar-refractivity contribution >= 4 is 27.3 Å². The van der Waals surface area contributed by atoms with E-state index in [1.54, 1.807) is 18.2 Å². The molecule has 3 aromatic rings. The van der Waals surface area contributed by atoms with E-state index < -0.39 is 28.7 Å². The second-order valence-corrected chi connectivity index (χ2v) is 9.16. The number of benzene rings is 3. The van der Waals surface area contributed by atoms with Gasteiger partial charge in [0, 0.05) is 12.6 Å². The zero-order chi connectivity index (χ0) is 24.2. The molecule has 174 valence electrons. The number of amides is 1. The molecule has 0 saturated heterocycles. The number of anilines is 2. The minimum atomic E-state index is -4.52. The van der Waals surface area contributed by atoms with Crippen LogP contribution < -0.4 is 14.4 Å². The van der Waals surface area contributed by atoms with Crippen molar-refractivity contribution in [3.8, 4) is 5.75 Å². The van der Waals surface area contributed by atoms with Crippen LogP contribution in [0.4, 0.5) is 24.5 Å². The summed E-state index contributed by atoms with van der Waals surface area (Å²) in [6.45, 7) is 0.362. The Labute approximate surface area is 189 Å². The van der Waals surface area contributed by atoms with E-state index in [-0.39, 0.29) is 21.9 Å². The maximum atomic E-state index is 12.8. The van der Waals surface area contributed by atoms with Gasteiger partial charge in [0.25, 0.3) is 15.9 Å². The molecule has 0 aliphatic rings. The van der Waals surface area contributed by atoms with Gasteiger partial charge in [0.2, 0.25) is 0 Å². The Morgan fingerprint density at radius 2 is 1.58 bits per heavy atom. The number of rotatable bonds is 7. The molecule has 0 radical (unpaired) electrons. The van der Waals surface area contributed by atoms with Gasteiger partial charge in [0.1, 0.15) is 5.75 Å². The topological polar surface area (TPSA) is 75.7 Å². The molecular formula is C23H21F3N2O4S. The van der Waals surface area contributed by atoms with Crippen LogP contribution in [0.25, 0.3) is 0 Å². The van der Waals surface area contributed by atoms with E-state index in [9.17, 15) is 26.4 Å². The number of alkyl halides is 3. The van der Waals surface area contributed by atoms with Gasteiger partial charge in [-0.1, -0.05) is 29.8 Å². The molecule has 0 aliphatic heterocycles. The van der Waals surface area contributed by atoms with Crippen molar-refractivity contribution in [2.75, 3.05) is 23.3 Å². The van der Waals surface area contributed by atoms with Gasteiger partial charge in [-0.25, -0.2) is 8.42 Å². The van der Waals surface area contributed by atoms with Crippen LogP contribution >= 0.6 is 0 Å². The number of aryl methyl sites for hydroxylation is 1. The zero-order valence-electron chi connectivity index (χ0n) is 17.8. The summed E-state index contributed by atoms with van der Waals surface area (Å²) in [4.78, 5) is 12.7. The highest BCUT2D eigenvalue weighted by atomic mass is 32.2. The lowest BCUT2D eigenvalue weighted by Crippen LogP contribution is -2.26. The van der Waals surface area contributed by atoms with Crippen molar-refractivity contribution in [3.05, 3.63) is 83.9 Å². The third-order valence-electron chi connectivity index (χ3n) is 4.70. The summed E-state index contributed by atoms with van der Waals surface area (Å²) in [7, 11) is -2.39. The maximum absolute atomic E-state index is 12.8. The number of para-hydroxylation sites is 2. The molecule has 1 N–H and O–H groups in total. The average Bonchev–Trinajstić information content (AvgIpc) is 2.78. The summed E-state index contributed by atoms with van der Waals surface area (Å²) < 4.78 is 68.9. The Bertz CT molecular complexity index is 1230. The highest BCUT2D eigenvalue weighted by Gasteiger charge is 2.29. The second-order valence-electron chi connectivity index (χ2n) is 7.19. The number of nitrogens with zero attached hydrogens (tertiary/aromatic N) is 1. The number of sulfonamides is 1. The highest BCUT2D eigenvalue weighted by Crippen LogP contribution is 2.27. The van der Waals surface area contributed by atoms with Gasteiger partial charge in [-0.2, -0.15) is 13.2 Å². The fraction of sp³-hybridized carbons (Fsp3) is 0.174. The number of carbonyl (C=O) groups excluding carboxylic acids is 1. The molecule has 1 amide bonds. The molecule has 3 aromatic carbocycles. The third-order valence-corrected chi connectivity index (χ3v) is 6.50. The Morgan fingerprint density at radius 1 is 0.970 bits per heavy atom. The lowest BCUT2D eigenvalue weighted by atomic mass is 10.2. The number of hydrogen-bond donors (Lipinski definition) is 1. The SMILES string of the molecule is Cc1ccc(S(=O)(=O)N(C)c2ccc(C(=O)Nc3ccccc3OCC(F)(F)F)cc2)cc1. The molecule has 0 aliphatic carbocycles. The first kappa shape index (κ1) is 24.1. The van der Waals surface area contributed by atoms with Crippen molar-refractivity contribution in [3.63, 3.8) is 0 Å². The number of nitrogens with one attached hydrogen (secondary N) is 1. The summed E-state index contributed by atoms with van der Waals surface area (Å²) in [5.74, 6) is -0.711. The predicted molar refractivity (Wildman–Crippen MR) is 119 cm³/mol. The number of halogens is 3. The van der Waals surface area contributed by atoms with Crippen LogP contribution in [0.15, 0.2) is 77.7 Å². The minimum Gasteiger partial charge on any atom is -0.482 e. The predicted octanol–water partition coefficient (Wildman–Crippen LogP) is 5.01. The number of carbonyl (C=O) groups is 1. The highest BCUT2D eigenvalue weighted by molar-refractivity contribution is 7.92. The Balaban J connectivity index is 1.74. The minimum absolute atomic E-state index is 0.0786. The molecule has 6 nitrogen and oxygen atoms in total. The van der Waals surface area contributed by atoms with Crippen LogP contribution in [0.2, 0.25) is 0 Å². The summed E-state index contributed by atoms with van der Waals surface area (Å²) in [5, 5.41) is 2.51. The van der Waals surface area contributed by atoms with Gasteiger partial charge in [-0.3, -0.25) is 9.10 Å². The first-order chi connectivity index (χ1) is 15.5. The van der Waals surface area contributed by atoms with Gasteiger partial charge >= 0.3 is 6.18 Å². The normalized spacial score (nSPS) is 11.7. The molecule has 0 bridgehead atoms. The van der Waals surface area contributed by atoms with E-state index in [1.807, 2.05) is 6.92 Å². The van der Waals surface area contributed by atoms with Crippen LogP contribution in [0.1, 0.15) is 15.9 Å². The van der Waals surface area contributed by atoms with Gasteiger partial charge < -0.3 is 10.1 Å². The Hall–Kier alpha value is -3.53. The summed E-state index contributed by atoms with van der Waals surface area (Å²) in [6.07, 6.45) is -4.52. The second kappa shape index (κ2) is 9.53. The standard InChI is InChI=1S/C23H21F3N2O4S/c1-16-7-13-19(14-8-16)33(30,31)28(2)18-11-9-17(10-12-18)22(29)27-20-5-3-4-6-21(20)32-15-23(24,25)26/h3-14H,15H2,1-2H3,(H,27,29). The third kappa shape index (κ3) is 6.04. The molecule has 33 heavy (non-hydrogen) atoms. The molecule has 0 heterocycles. The summed E-state index contributed by atoms with van der Waals surface area (Å²) in [6, 6.07) is 18.0. The summed E-state index contributed by atoms with van der Waals surface area (Å²) in [5.41, 5.74) is 1.53. The van der Waals surface area contributed by atoms with Crippen LogP contribution in [-0.4, -0.2) is 34.2 Å². The van der Waals surface area contributed by atoms with Gasteiger partial charge in [0.05, 0.1) is 16.3 Å². The molecule has 0 saturated carbocycles. The summed E-state index contributed by atoms with van der Waals surface area (Å²) >= 11 is 0. The Kier molecular flexibility index (Phi) is 6.97. The van der Waals surface area contributed by atoms with E-state index >= 15 is 0 Å². The molecule has 0 unspecified atom stereocenters. The van der Waals surface area contributed by atoms with Gasteiger partial charge in [-0.15, -0.1) is 0 Å². The Morgan fingerprint density at radius 3 is 2.18 bits per heavy atom. The monoisotopic (exact) mass is 478 g/mol. The molecule has 10 heteroatoms. The molecule has 0 atom stereocenters. The molecule has 0 fully saturated rings. The lowest BCUT2D eigenvalue weighted by molar-refractivity contribution is -0.153. The van der Waals surface area contributed by atoms with Crippen LogP contribution in [0.5, 0.6) is 5.75 Å². The zero-order valence-corrected chi connectivity index (χ0v) is 18.6. The largest absolute Gasteiger partial charge is 0.482 e. The fourth-order valence-electron chi connectivity index (χ4n) is 2.88. The van der Waals surface area contributed by atoms with Crippen molar-refractivity contribution in [2.45, 2.75) is 18.0 Å². The van der Waals surface area contributed by atoms with Crippen molar-refractivity contribution in [1.82, 2.24) is 0 Å². The van der Waals surface area contributed by atoms with E-state index in [0.717, 1.165) is 9.87 Å². The van der Waals surface area contributed by atoms with Crippen LogP contribution in [0.3, 0.4) is 0 Å². The van der Waals surface area contributed by atoms with Gasteiger partial charge in [0.15, 0.2) is 6.61 Å². The first-order valence-electron chi connectivity index (χ1n) is 9.73. The molecule has 3 rings (SSSR count). The van der Waals surface area contributed by atoms with Crippen LogP contribution in [0, 0.1) is 6.92 Å². The van der Waals surface area contributed by atoms with Crippen molar-refractivity contribution in [2.24, 2.45) is 0 Å².